The second kappa shape index (κ2) is 6.77. The third-order valence-corrected chi connectivity index (χ3v) is 5.66. The molecule has 0 spiro atoms. The summed E-state index contributed by atoms with van der Waals surface area (Å²) in [6.45, 7) is 4.84. The molecule has 21 heavy (non-hydrogen) atoms. The monoisotopic (exact) mass is 311 g/mol. The molecule has 1 fully saturated rings. The summed E-state index contributed by atoms with van der Waals surface area (Å²) < 4.78 is 27.4. The molecule has 0 amide bonds. The zero-order valence-corrected chi connectivity index (χ0v) is 13.6. The summed E-state index contributed by atoms with van der Waals surface area (Å²) >= 11 is 0. The molecule has 1 saturated heterocycles. The number of anilines is 1. The Hall–Kier alpha value is -1.11. The predicted molar refractivity (Wildman–Crippen MR) is 85.9 cm³/mol. The zero-order valence-electron chi connectivity index (χ0n) is 12.7. The normalized spacial score (nSPS) is 23.3. The Morgan fingerprint density at radius 1 is 1.33 bits per heavy atom. The fourth-order valence-corrected chi connectivity index (χ4v) is 4.36. The van der Waals surface area contributed by atoms with Crippen molar-refractivity contribution in [3.05, 3.63) is 24.3 Å². The summed E-state index contributed by atoms with van der Waals surface area (Å²) in [6.07, 6.45) is 3.21. The fourth-order valence-electron chi connectivity index (χ4n) is 3.12. The van der Waals surface area contributed by atoms with Crippen LogP contribution in [0.3, 0.4) is 0 Å². The summed E-state index contributed by atoms with van der Waals surface area (Å²) in [5, 5.41) is 0. The molecule has 6 heteroatoms. The number of nitrogens with one attached hydrogen (secondary N) is 1. The topological polar surface area (TPSA) is 75.4 Å². The number of piperidine rings is 1. The maximum absolute atomic E-state index is 12.4. The van der Waals surface area contributed by atoms with Gasteiger partial charge in [-0.25, -0.2) is 13.1 Å². The third-order valence-electron chi connectivity index (χ3n) is 4.07. The number of para-hydroxylation sites is 1. The summed E-state index contributed by atoms with van der Waals surface area (Å²) in [5.41, 5.74) is 6.67. The first-order valence-electron chi connectivity index (χ1n) is 7.58. The van der Waals surface area contributed by atoms with Crippen molar-refractivity contribution >= 4 is 15.7 Å². The van der Waals surface area contributed by atoms with Gasteiger partial charge in [-0.05, 0) is 38.3 Å². The number of nitrogens with two attached hydrogens (primary N) is 1. The quantitative estimate of drug-likeness (QED) is 0.868. The maximum atomic E-state index is 12.4. The first kappa shape index (κ1) is 16.3. The van der Waals surface area contributed by atoms with E-state index in [1.807, 2.05) is 12.1 Å². The minimum absolute atomic E-state index is 0.201. The molecule has 0 saturated carbocycles. The number of nitrogens with zero attached hydrogens (tertiary/aromatic N) is 1. The second-order valence-corrected chi connectivity index (χ2v) is 7.28. The van der Waals surface area contributed by atoms with Crippen LogP contribution in [0.5, 0.6) is 0 Å². The van der Waals surface area contributed by atoms with Crippen LogP contribution in [-0.2, 0) is 10.0 Å². The van der Waals surface area contributed by atoms with Crippen LogP contribution in [0.1, 0.15) is 33.1 Å². The Kier molecular flexibility index (Phi) is 5.24. The first-order chi connectivity index (χ1) is 10.0. The highest BCUT2D eigenvalue weighted by Crippen LogP contribution is 2.33. The Bertz CT molecular complexity index is 574. The van der Waals surface area contributed by atoms with Crippen LogP contribution >= 0.6 is 0 Å². The minimum Gasteiger partial charge on any atom is -0.363 e. The Morgan fingerprint density at radius 2 is 2.05 bits per heavy atom. The van der Waals surface area contributed by atoms with E-state index in [-0.39, 0.29) is 6.04 Å². The van der Waals surface area contributed by atoms with Gasteiger partial charge in [0.2, 0.25) is 10.0 Å². The SMILES string of the molecule is CCNS(=O)(=O)c1ccccc1N1C(C)CCCC1CN. The standard InChI is InChI=1S/C15H25N3O2S/c1-3-17-21(19,20)15-10-5-4-9-14(15)18-12(2)7-6-8-13(18)11-16/h4-5,9-10,12-13,17H,3,6-8,11,16H2,1-2H3. The predicted octanol–water partition coefficient (Wildman–Crippen LogP) is 1.69. The van der Waals surface area contributed by atoms with Crippen molar-refractivity contribution in [2.24, 2.45) is 5.73 Å². The van der Waals surface area contributed by atoms with Crippen LogP contribution in [0.4, 0.5) is 5.69 Å². The van der Waals surface area contributed by atoms with Crippen LogP contribution in [0, 0.1) is 0 Å². The molecule has 3 N–H and O–H groups in total. The Morgan fingerprint density at radius 3 is 2.71 bits per heavy atom. The van der Waals surface area contributed by atoms with Crippen LogP contribution in [0.15, 0.2) is 29.2 Å². The van der Waals surface area contributed by atoms with E-state index in [0.29, 0.717) is 24.0 Å². The summed E-state index contributed by atoms with van der Waals surface area (Å²) in [4.78, 5) is 2.53. The van der Waals surface area contributed by atoms with Crippen LogP contribution in [0.25, 0.3) is 0 Å². The molecule has 0 aliphatic carbocycles. The molecule has 2 atom stereocenters. The van der Waals surface area contributed by atoms with Crippen LogP contribution < -0.4 is 15.4 Å². The van der Waals surface area contributed by atoms with Gasteiger partial charge < -0.3 is 10.6 Å². The Labute approximate surface area is 127 Å². The number of sulfonamides is 1. The second-order valence-electron chi connectivity index (χ2n) is 5.55. The molecule has 1 aromatic carbocycles. The van der Waals surface area contributed by atoms with Crippen molar-refractivity contribution in [2.45, 2.75) is 50.1 Å². The van der Waals surface area contributed by atoms with Gasteiger partial charge in [0.15, 0.2) is 0 Å². The zero-order chi connectivity index (χ0) is 15.5. The van der Waals surface area contributed by atoms with Crippen molar-refractivity contribution in [2.75, 3.05) is 18.0 Å². The van der Waals surface area contributed by atoms with Gasteiger partial charge in [-0.3, -0.25) is 0 Å². The first-order valence-corrected chi connectivity index (χ1v) is 9.06. The molecular weight excluding hydrogens is 286 g/mol. The lowest BCUT2D eigenvalue weighted by Crippen LogP contribution is -2.49. The van der Waals surface area contributed by atoms with Gasteiger partial charge in [0, 0.05) is 25.2 Å². The molecule has 1 heterocycles. The molecule has 2 unspecified atom stereocenters. The van der Waals surface area contributed by atoms with E-state index in [0.717, 1.165) is 24.9 Å². The number of hydrogen-bond donors (Lipinski definition) is 2. The summed E-state index contributed by atoms with van der Waals surface area (Å²) in [7, 11) is -3.48. The molecule has 2 rings (SSSR count). The van der Waals surface area contributed by atoms with E-state index in [4.69, 9.17) is 5.73 Å². The van der Waals surface area contributed by atoms with Gasteiger partial charge in [-0.1, -0.05) is 19.1 Å². The van der Waals surface area contributed by atoms with Crippen molar-refractivity contribution in [1.29, 1.82) is 0 Å². The van der Waals surface area contributed by atoms with E-state index in [1.54, 1.807) is 19.1 Å². The molecular formula is C15H25N3O2S. The van der Waals surface area contributed by atoms with E-state index in [1.165, 1.54) is 0 Å². The van der Waals surface area contributed by atoms with Crippen molar-refractivity contribution in [3.63, 3.8) is 0 Å². The van der Waals surface area contributed by atoms with E-state index >= 15 is 0 Å². The third kappa shape index (κ3) is 3.39. The van der Waals surface area contributed by atoms with Gasteiger partial charge in [0.05, 0.1) is 5.69 Å². The highest BCUT2D eigenvalue weighted by molar-refractivity contribution is 7.89. The maximum Gasteiger partial charge on any atom is 0.242 e. The molecule has 118 valence electrons. The highest BCUT2D eigenvalue weighted by atomic mass is 32.2. The van der Waals surface area contributed by atoms with Crippen molar-refractivity contribution < 1.29 is 8.42 Å². The van der Waals surface area contributed by atoms with Gasteiger partial charge in [0.1, 0.15) is 4.90 Å². The van der Waals surface area contributed by atoms with Gasteiger partial charge >= 0.3 is 0 Å². The summed E-state index contributed by atoms with van der Waals surface area (Å²) in [5.74, 6) is 0. The highest BCUT2D eigenvalue weighted by Gasteiger charge is 2.31. The average Bonchev–Trinajstić information content (AvgIpc) is 2.47. The van der Waals surface area contributed by atoms with E-state index in [2.05, 4.69) is 16.5 Å². The van der Waals surface area contributed by atoms with Crippen molar-refractivity contribution in [1.82, 2.24) is 4.72 Å². The summed E-state index contributed by atoms with van der Waals surface area (Å²) in [6, 6.07) is 7.70. The molecule has 5 nitrogen and oxygen atoms in total. The molecule has 1 aromatic rings. The lowest BCUT2D eigenvalue weighted by Gasteiger charge is -2.42. The molecule has 0 bridgehead atoms. The van der Waals surface area contributed by atoms with E-state index in [9.17, 15) is 8.42 Å². The molecule has 0 aromatic heterocycles. The number of benzene rings is 1. The van der Waals surface area contributed by atoms with E-state index < -0.39 is 10.0 Å². The van der Waals surface area contributed by atoms with Gasteiger partial charge in [-0.2, -0.15) is 0 Å². The largest absolute Gasteiger partial charge is 0.363 e. The minimum atomic E-state index is -3.48. The molecule has 1 aliphatic heterocycles. The number of rotatable bonds is 5. The number of hydrogen-bond acceptors (Lipinski definition) is 4. The van der Waals surface area contributed by atoms with Crippen LogP contribution in [0.2, 0.25) is 0 Å². The fraction of sp³-hybridized carbons (Fsp3) is 0.600. The lowest BCUT2D eigenvalue weighted by molar-refractivity contribution is 0.398. The van der Waals surface area contributed by atoms with Gasteiger partial charge in [0.25, 0.3) is 0 Å². The average molecular weight is 311 g/mol. The molecule has 1 aliphatic rings. The van der Waals surface area contributed by atoms with Gasteiger partial charge in [-0.15, -0.1) is 0 Å². The Balaban J connectivity index is 2.48. The smallest absolute Gasteiger partial charge is 0.242 e. The van der Waals surface area contributed by atoms with Crippen molar-refractivity contribution in [3.8, 4) is 0 Å². The molecule has 0 radical (unpaired) electrons. The lowest BCUT2D eigenvalue weighted by atomic mass is 9.95. The van der Waals surface area contributed by atoms with Crippen LogP contribution in [-0.4, -0.2) is 33.6 Å².